The molecule has 0 atom stereocenters. The summed E-state index contributed by atoms with van der Waals surface area (Å²) in [6, 6.07) is 23.6. The summed E-state index contributed by atoms with van der Waals surface area (Å²) < 4.78 is 0. The van der Waals surface area contributed by atoms with Gasteiger partial charge in [0.25, 0.3) is 0 Å². The Labute approximate surface area is 133 Å². The molecule has 0 aliphatic carbocycles. The van der Waals surface area contributed by atoms with Crippen molar-refractivity contribution in [3.63, 3.8) is 0 Å². The number of rotatable bonds is 3. The highest BCUT2D eigenvalue weighted by Gasteiger charge is 2.20. The highest BCUT2D eigenvalue weighted by Crippen LogP contribution is 2.24. The van der Waals surface area contributed by atoms with Crippen LogP contribution >= 0.6 is 0 Å². The third kappa shape index (κ3) is 3.02. The quantitative estimate of drug-likeness (QED) is 0.623. The van der Waals surface area contributed by atoms with Gasteiger partial charge in [-0.1, -0.05) is 79.4 Å². The fourth-order valence-electron chi connectivity index (χ4n) is 2.74. The monoisotopic (exact) mass is 303 g/mol. The van der Waals surface area contributed by atoms with Crippen LogP contribution in [0.15, 0.2) is 72.9 Å². The van der Waals surface area contributed by atoms with Crippen molar-refractivity contribution in [2.24, 2.45) is 0 Å². The molecule has 0 unspecified atom stereocenters. The fourth-order valence-corrected chi connectivity index (χ4v) is 4.37. The lowest BCUT2D eigenvalue weighted by Gasteiger charge is -2.21. The van der Waals surface area contributed by atoms with Crippen LogP contribution in [0.25, 0.3) is 22.4 Å². The van der Waals surface area contributed by atoms with Crippen LogP contribution in [-0.4, -0.2) is 13.1 Å². The van der Waals surface area contributed by atoms with Crippen molar-refractivity contribution < 1.29 is 0 Å². The molecule has 0 aliphatic rings. The second kappa shape index (κ2) is 5.89. The van der Waals surface area contributed by atoms with Gasteiger partial charge >= 0.3 is 0 Å². The molecule has 2 aromatic carbocycles. The molecule has 0 radical (unpaired) electrons. The fraction of sp³-hybridized carbons (Fsp3) is 0.150. The molecule has 0 N–H and O–H groups in total. The molecule has 1 aromatic heterocycles. The van der Waals surface area contributed by atoms with Crippen LogP contribution in [0.4, 0.5) is 0 Å². The number of hydrogen-bond acceptors (Lipinski definition) is 1. The summed E-state index contributed by atoms with van der Waals surface area (Å²) in [5.74, 6) is 0. The molecule has 3 rings (SSSR count). The molecule has 22 heavy (non-hydrogen) atoms. The Bertz CT molecular complexity index is 756. The van der Waals surface area contributed by atoms with Crippen LogP contribution < -0.4 is 5.19 Å². The van der Waals surface area contributed by atoms with Crippen molar-refractivity contribution in [1.82, 2.24) is 4.98 Å². The minimum Gasteiger partial charge on any atom is -0.256 e. The second-order valence-corrected chi connectivity index (χ2v) is 11.6. The van der Waals surface area contributed by atoms with E-state index < -0.39 is 8.07 Å². The predicted molar refractivity (Wildman–Crippen MR) is 98.1 cm³/mol. The molecule has 110 valence electrons. The smallest absolute Gasteiger partial charge is 0.0784 e. The van der Waals surface area contributed by atoms with Crippen molar-refractivity contribution in [2.45, 2.75) is 19.6 Å². The summed E-state index contributed by atoms with van der Waals surface area (Å²) in [5.41, 5.74) is 4.84. The van der Waals surface area contributed by atoms with E-state index in [1.54, 1.807) is 0 Å². The molecule has 0 aliphatic heterocycles. The average molecular weight is 303 g/mol. The maximum Gasteiger partial charge on any atom is 0.0784 e. The first-order chi connectivity index (χ1) is 10.6. The van der Waals surface area contributed by atoms with Crippen LogP contribution in [0.5, 0.6) is 0 Å². The Hall–Kier alpha value is -2.19. The lowest BCUT2D eigenvalue weighted by atomic mass is 10.0. The van der Waals surface area contributed by atoms with E-state index in [1.807, 2.05) is 24.4 Å². The van der Waals surface area contributed by atoms with Gasteiger partial charge in [0, 0.05) is 11.8 Å². The summed E-state index contributed by atoms with van der Waals surface area (Å²) in [7, 11) is -1.35. The van der Waals surface area contributed by atoms with Gasteiger partial charge in [0.1, 0.15) is 0 Å². The van der Waals surface area contributed by atoms with E-state index in [9.17, 15) is 0 Å². The standard InChI is InChI=1S/C20H21NSi/c1-22(2,3)20-10-5-4-8-18(20)16-11-13-17(14-12-16)19-9-6-7-15-21-19/h4-15H,1-3H3. The Morgan fingerprint density at radius 3 is 1.95 bits per heavy atom. The molecule has 0 amide bonds. The lowest BCUT2D eigenvalue weighted by Crippen LogP contribution is -2.38. The van der Waals surface area contributed by atoms with Gasteiger partial charge < -0.3 is 0 Å². The van der Waals surface area contributed by atoms with Crippen LogP contribution in [0.2, 0.25) is 19.6 Å². The largest absolute Gasteiger partial charge is 0.256 e. The zero-order chi connectivity index (χ0) is 15.6. The average Bonchev–Trinajstić information content (AvgIpc) is 2.55. The Morgan fingerprint density at radius 1 is 0.682 bits per heavy atom. The number of aromatic nitrogens is 1. The molecule has 3 aromatic rings. The summed E-state index contributed by atoms with van der Waals surface area (Å²) >= 11 is 0. The van der Waals surface area contributed by atoms with Crippen molar-refractivity contribution in [2.75, 3.05) is 0 Å². The van der Waals surface area contributed by atoms with Crippen LogP contribution in [0.3, 0.4) is 0 Å². The van der Waals surface area contributed by atoms with E-state index in [0.717, 1.165) is 11.3 Å². The molecule has 0 saturated carbocycles. The maximum absolute atomic E-state index is 4.42. The third-order valence-electron chi connectivity index (χ3n) is 3.89. The van der Waals surface area contributed by atoms with Crippen molar-refractivity contribution in [1.29, 1.82) is 0 Å². The van der Waals surface area contributed by atoms with E-state index in [2.05, 4.69) is 73.2 Å². The number of hydrogen-bond donors (Lipinski definition) is 0. The van der Waals surface area contributed by atoms with Crippen LogP contribution in [0, 0.1) is 0 Å². The summed E-state index contributed by atoms with van der Waals surface area (Å²) in [4.78, 5) is 4.42. The molecule has 0 bridgehead atoms. The summed E-state index contributed by atoms with van der Waals surface area (Å²) in [6.07, 6.45) is 1.84. The molecule has 0 fully saturated rings. The predicted octanol–water partition coefficient (Wildman–Crippen LogP) is 4.96. The van der Waals surface area contributed by atoms with Crippen molar-refractivity contribution >= 4 is 13.3 Å². The first-order valence-corrected chi connectivity index (χ1v) is 11.2. The molecular formula is C20H21NSi. The van der Waals surface area contributed by atoms with Gasteiger partial charge in [0.05, 0.1) is 13.8 Å². The minimum absolute atomic E-state index is 1.02. The minimum atomic E-state index is -1.35. The van der Waals surface area contributed by atoms with E-state index >= 15 is 0 Å². The highest BCUT2D eigenvalue weighted by atomic mass is 28.3. The molecule has 0 saturated heterocycles. The maximum atomic E-state index is 4.42. The van der Waals surface area contributed by atoms with Gasteiger partial charge in [-0.3, -0.25) is 4.98 Å². The van der Waals surface area contributed by atoms with E-state index in [4.69, 9.17) is 0 Å². The zero-order valence-corrected chi connectivity index (χ0v) is 14.4. The third-order valence-corrected chi connectivity index (χ3v) is 5.94. The van der Waals surface area contributed by atoms with Gasteiger partial charge in [-0.2, -0.15) is 0 Å². The zero-order valence-electron chi connectivity index (χ0n) is 13.4. The van der Waals surface area contributed by atoms with E-state index in [0.29, 0.717) is 0 Å². The Morgan fingerprint density at radius 2 is 1.32 bits per heavy atom. The first kappa shape index (κ1) is 14.7. The summed E-state index contributed by atoms with van der Waals surface area (Å²) in [5, 5.41) is 1.51. The van der Waals surface area contributed by atoms with Crippen molar-refractivity contribution in [3.05, 3.63) is 72.9 Å². The normalized spacial score (nSPS) is 11.4. The van der Waals surface area contributed by atoms with Crippen LogP contribution in [0.1, 0.15) is 0 Å². The molecule has 1 nitrogen and oxygen atoms in total. The Balaban J connectivity index is 2.01. The number of benzene rings is 2. The first-order valence-electron chi connectivity index (χ1n) is 7.67. The summed E-state index contributed by atoms with van der Waals surface area (Å²) in [6.45, 7) is 7.19. The van der Waals surface area contributed by atoms with Gasteiger partial charge in [0.15, 0.2) is 0 Å². The molecular weight excluding hydrogens is 282 g/mol. The molecule has 1 heterocycles. The lowest BCUT2D eigenvalue weighted by molar-refractivity contribution is 1.33. The topological polar surface area (TPSA) is 12.9 Å². The van der Waals surface area contributed by atoms with Crippen LogP contribution in [-0.2, 0) is 0 Å². The van der Waals surface area contributed by atoms with Gasteiger partial charge in [-0.25, -0.2) is 0 Å². The van der Waals surface area contributed by atoms with Gasteiger partial charge in [0.2, 0.25) is 0 Å². The number of pyridine rings is 1. The Kier molecular flexibility index (Phi) is 3.95. The van der Waals surface area contributed by atoms with E-state index in [1.165, 1.54) is 16.3 Å². The van der Waals surface area contributed by atoms with Gasteiger partial charge in [-0.15, -0.1) is 0 Å². The number of nitrogens with zero attached hydrogens (tertiary/aromatic N) is 1. The molecule has 2 heteroatoms. The highest BCUT2D eigenvalue weighted by molar-refractivity contribution is 6.89. The SMILES string of the molecule is C[Si](C)(C)c1ccccc1-c1ccc(-c2ccccn2)cc1. The van der Waals surface area contributed by atoms with E-state index in [-0.39, 0.29) is 0 Å². The van der Waals surface area contributed by atoms with Gasteiger partial charge in [-0.05, 0) is 23.3 Å². The molecule has 0 spiro atoms. The second-order valence-electron chi connectivity index (χ2n) is 6.59. The van der Waals surface area contributed by atoms with Crippen molar-refractivity contribution in [3.8, 4) is 22.4 Å².